The Morgan fingerprint density at radius 3 is 2.85 bits per heavy atom. The van der Waals surface area contributed by atoms with Crippen LogP contribution in [0.25, 0.3) is 11.0 Å². The second-order valence-electron chi connectivity index (χ2n) is 6.69. The van der Waals surface area contributed by atoms with E-state index in [2.05, 4.69) is 21.3 Å². The highest BCUT2D eigenvalue weighted by molar-refractivity contribution is 7.98. The lowest BCUT2D eigenvalue weighted by Crippen LogP contribution is -2.04. The highest BCUT2D eigenvalue weighted by Crippen LogP contribution is 2.40. The summed E-state index contributed by atoms with van der Waals surface area (Å²) in [7, 11) is 0. The molecule has 1 fully saturated rings. The van der Waals surface area contributed by atoms with Crippen molar-refractivity contribution < 1.29 is 4.42 Å². The van der Waals surface area contributed by atoms with E-state index in [1.54, 1.807) is 11.8 Å². The van der Waals surface area contributed by atoms with E-state index in [0.29, 0.717) is 28.8 Å². The molecule has 3 aromatic rings. The summed E-state index contributed by atoms with van der Waals surface area (Å²) in [6.07, 6.45) is 4.98. The van der Waals surface area contributed by atoms with Gasteiger partial charge in [-0.3, -0.25) is 0 Å². The molecule has 4 rings (SSSR count). The number of hydrogen-bond donors (Lipinski definition) is 0. The first-order chi connectivity index (χ1) is 13.1. The fourth-order valence-corrected chi connectivity index (χ4v) is 4.42. The van der Waals surface area contributed by atoms with Gasteiger partial charge >= 0.3 is 5.63 Å². The summed E-state index contributed by atoms with van der Waals surface area (Å²) < 4.78 is 7.50. The molecule has 1 aliphatic carbocycles. The summed E-state index contributed by atoms with van der Waals surface area (Å²) in [5.41, 5.74) is 2.08. The minimum Gasteiger partial charge on any atom is -0.423 e. The van der Waals surface area contributed by atoms with Crippen molar-refractivity contribution >= 4 is 34.3 Å². The Morgan fingerprint density at radius 2 is 2.15 bits per heavy atom. The van der Waals surface area contributed by atoms with Gasteiger partial charge in [0.2, 0.25) is 0 Å². The van der Waals surface area contributed by atoms with E-state index in [1.807, 2.05) is 25.1 Å². The summed E-state index contributed by atoms with van der Waals surface area (Å²) in [4.78, 5) is 12.0. The number of aromatic nitrogens is 3. The van der Waals surface area contributed by atoms with Gasteiger partial charge in [-0.05, 0) is 42.5 Å². The molecule has 0 spiro atoms. The van der Waals surface area contributed by atoms with Gasteiger partial charge in [-0.25, -0.2) is 4.79 Å². The van der Waals surface area contributed by atoms with Crippen LogP contribution >= 0.6 is 23.4 Å². The highest BCUT2D eigenvalue weighted by Gasteiger charge is 2.30. The number of aryl methyl sites for hydroxylation is 1. The second kappa shape index (κ2) is 7.52. The summed E-state index contributed by atoms with van der Waals surface area (Å²) >= 11 is 7.94. The minimum atomic E-state index is -0.353. The number of thioether (sulfide) groups is 1. The van der Waals surface area contributed by atoms with Crippen molar-refractivity contribution in [1.82, 2.24) is 14.8 Å². The predicted octanol–water partition coefficient (Wildman–Crippen LogP) is 4.96. The van der Waals surface area contributed by atoms with Gasteiger partial charge in [0.25, 0.3) is 0 Å². The first-order valence-electron chi connectivity index (χ1n) is 9.02. The molecule has 140 valence electrons. The molecule has 0 aliphatic heterocycles. The van der Waals surface area contributed by atoms with Crippen LogP contribution < -0.4 is 5.63 Å². The summed E-state index contributed by atoms with van der Waals surface area (Å²) in [6, 6.07) is 5.28. The van der Waals surface area contributed by atoms with Crippen molar-refractivity contribution in [2.75, 3.05) is 0 Å². The molecule has 5 nitrogen and oxygen atoms in total. The lowest BCUT2D eigenvalue weighted by molar-refractivity contribution is 0.559. The van der Waals surface area contributed by atoms with Crippen molar-refractivity contribution in [3.63, 3.8) is 0 Å². The van der Waals surface area contributed by atoms with Gasteiger partial charge in [0, 0.05) is 34.7 Å². The zero-order valence-corrected chi connectivity index (χ0v) is 16.6. The molecule has 1 saturated carbocycles. The van der Waals surface area contributed by atoms with Gasteiger partial charge in [0.1, 0.15) is 11.4 Å². The van der Waals surface area contributed by atoms with Crippen LogP contribution in [0.3, 0.4) is 0 Å². The predicted molar refractivity (Wildman–Crippen MR) is 109 cm³/mol. The van der Waals surface area contributed by atoms with Crippen molar-refractivity contribution in [1.29, 1.82) is 0 Å². The Bertz CT molecular complexity index is 1070. The van der Waals surface area contributed by atoms with Crippen molar-refractivity contribution in [2.45, 2.75) is 49.6 Å². The van der Waals surface area contributed by atoms with Gasteiger partial charge in [-0.2, -0.15) is 0 Å². The molecule has 27 heavy (non-hydrogen) atoms. The van der Waals surface area contributed by atoms with Gasteiger partial charge in [-0.1, -0.05) is 36.4 Å². The molecular formula is C20H20ClN3O2S. The van der Waals surface area contributed by atoms with E-state index in [-0.39, 0.29) is 5.63 Å². The van der Waals surface area contributed by atoms with Gasteiger partial charge in [0.15, 0.2) is 5.16 Å². The Kier molecular flexibility index (Phi) is 5.10. The van der Waals surface area contributed by atoms with Crippen LogP contribution in [0.2, 0.25) is 5.02 Å². The van der Waals surface area contributed by atoms with Crippen LogP contribution in [-0.4, -0.2) is 14.8 Å². The number of nitrogens with zero attached hydrogens (tertiary/aromatic N) is 3. The Hall–Kier alpha value is -2.05. The average molecular weight is 402 g/mol. The second-order valence-corrected chi connectivity index (χ2v) is 8.04. The van der Waals surface area contributed by atoms with Crippen LogP contribution in [0.5, 0.6) is 0 Å². The third kappa shape index (κ3) is 3.69. The van der Waals surface area contributed by atoms with Crippen LogP contribution in [0.4, 0.5) is 0 Å². The molecule has 0 bridgehead atoms. The van der Waals surface area contributed by atoms with Crippen molar-refractivity contribution in [3.8, 4) is 0 Å². The molecule has 2 aromatic heterocycles. The summed E-state index contributed by atoms with van der Waals surface area (Å²) in [6.45, 7) is 6.55. The number of benzene rings is 1. The van der Waals surface area contributed by atoms with Crippen LogP contribution in [-0.2, 0) is 18.7 Å². The van der Waals surface area contributed by atoms with Crippen LogP contribution in [0.15, 0.2) is 45.2 Å². The van der Waals surface area contributed by atoms with Crippen molar-refractivity contribution in [3.05, 3.63) is 63.2 Å². The summed E-state index contributed by atoms with van der Waals surface area (Å²) in [5, 5.41) is 11.1. The molecule has 0 N–H and O–H groups in total. The molecular weight excluding hydrogens is 382 g/mol. The fourth-order valence-electron chi connectivity index (χ4n) is 3.17. The largest absolute Gasteiger partial charge is 0.423 e. The van der Waals surface area contributed by atoms with E-state index in [9.17, 15) is 4.79 Å². The van der Waals surface area contributed by atoms with E-state index >= 15 is 0 Å². The van der Waals surface area contributed by atoms with E-state index in [0.717, 1.165) is 33.9 Å². The Balaban J connectivity index is 1.67. The summed E-state index contributed by atoms with van der Waals surface area (Å²) in [5.74, 6) is 2.14. The zero-order valence-electron chi connectivity index (χ0n) is 15.1. The van der Waals surface area contributed by atoms with E-state index in [4.69, 9.17) is 16.0 Å². The lowest BCUT2D eigenvalue weighted by Gasteiger charge is -2.09. The molecule has 1 aliphatic rings. The smallest absolute Gasteiger partial charge is 0.336 e. The highest BCUT2D eigenvalue weighted by atomic mass is 35.5. The van der Waals surface area contributed by atoms with E-state index < -0.39 is 0 Å². The molecule has 0 unspecified atom stereocenters. The van der Waals surface area contributed by atoms with Crippen LogP contribution in [0.1, 0.15) is 42.6 Å². The van der Waals surface area contributed by atoms with Crippen LogP contribution in [0, 0.1) is 0 Å². The van der Waals surface area contributed by atoms with Gasteiger partial charge in [-0.15, -0.1) is 16.8 Å². The van der Waals surface area contributed by atoms with E-state index in [1.165, 1.54) is 18.9 Å². The molecule has 7 heteroatoms. The first kappa shape index (κ1) is 18.3. The van der Waals surface area contributed by atoms with Gasteiger partial charge in [0.05, 0.1) is 0 Å². The first-order valence-corrected chi connectivity index (χ1v) is 10.4. The fraction of sp³-hybridized carbons (Fsp3) is 0.350. The monoisotopic (exact) mass is 401 g/mol. The Morgan fingerprint density at radius 1 is 1.33 bits per heavy atom. The number of hydrogen-bond acceptors (Lipinski definition) is 5. The van der Waals surface area contributed by atoms with Crippen molar-refractivity contribution in [2.24, 2.45) is 0 Å². The SMILES string of the molecule is C=CCn1c(SCc2cc(=O)oc3cc(CC)c(Cl)cc23)nnc1C1CC1. The normalized spacial score (nSPS) is 14.0. The number of fused-ring (bicyclic) bond motifs is 1. The topological polar surface area (TPSA) is 60.9 Å². The maximum atomic E-state index is 12.0. The average Bonchev–Trinajstić information content (AvgIpc) is 3.42. The molecule has 0 amide bonds. The number of rotatable bonds is 7. The minimum absolute atomic E-state index is 0.353. The van der Waals surface area contributed by atoms with Gasteiger partial charge < -0.3 is 8.98 Å². The lowest BCUT2D eigenvalue weighted by atomic mass is 10.1. The molecule has 0 atom stereocenters. The molecule has 0 saturated heterocycles. The molecule has 1 aromatic carbocycles. The Labute approximate surface area is 166 Å². The maximum Gasteiger partial charge on any atom is 0.336 e. The third-order valence-corrected chi connectivity index (χ3v) is 6.10. The zero-order chi connectivity index (χ0) is 19.0. The molecule has 2 heterocycles. The number of allylic oxidation sites excluding steroid dienone is 1. The maximum absolute atomic E-state index is 12.0. The quantitative estimate of drug-likeness (QED) is 0.318. The third-order valence-electron chi connectivity index (χ3n) is 4.73. The molecule has 0 radical (unpaired) electrons. The number of halogens is 1. The standard InChI is InChI=1S/C20H20ClN3O2S/c1-3-7-24-19(13-5-6-13)22-23-20(24)27-11-14-9-18(25)26-17-8-12(4-2)16(21)10-15(14)17/h3,8-10,13H,1,4-7,11H2,2H3.